The Morgan fingerprint density at radius 1 is 1.57 bits per heavy atom. The van der Waals surface area contributed by atoms with Crippen molar-refractivity contribution in [1.82, 2.24) is 4.90 Å². The van der Waals surface area contributed by atoms with Gasteiger partial charge in [-0.25, -0.2) is 0 Å². The van der Waals surface area contributed by atoms with E-state index in [1.165, 1.54) is 4.90 Å². The van der Waals surface area contributed by atoms with Crippen LogP contribution in [0, 0.1) is 5.92 Å². The van der Waals surface area contributed by atoms with Crippen LogP contribution in [0.4, 0.5) is 0 Å². The average molecular weight is 217 g/mol. The normalized spacial score (nSPS) is 20.8. The summed E-state index contributed by atoms with van der Waals surface area (Å²) in [7, 11) is 0. The summed E-state index contributed by atoms with van der Waals surface area (Å²) in [6.07, 6.45) is 0.889. The zero-order valence-electron chi connectivity index (χ0n) is 8.23. The number of hydrogen-bond acceptors (Lipinski definition) is 3. The number of amides is 1. The molecule has 0 aromatic rings. The highest BCUT2D eigenvalue weighted by Crippen LogP contribution is 2.24. The van der Waals surface area contributed by atoms with Gasteiger partial charge in [0.15, 0.2) is 0 Å². The van der Waals surface area contributed by atoms with Gasteiger partial charge < -0.3 is 10.0 Å². The van der Waals surface area contributed by atoms with Crippen LogP contribution in [0.1, 0.15) is 13.3 Å². The van der Waals surface area contributed by atoms with E-state index in [4.69, 9.17) is 5.11 Å². The highest BCUT2D eigenvalue weighted by Gasteiger charge is 2.27. The molecule has 1 aliphatic heterocycles. The molecular weight excluding hydrogens is 202 g/mol. The molecule has 0 aromatic carbocycles. The van der Waals surface area contributed by atoms with E-state index in [9.17, 15) is 9.59 Å². The SMILES string of the molecule is CCN(CC(=O)O)C(=O)C1CCSC1. The molecule has 80 valence electrons. The Hall–Kier alpha value is -0.710. The summed E-state index contributed by atoms with van der Waals surface area (Å²) in [5, 5.41) is 8.61. The predicted octanol–water partition coefficient (Wildman–Crippen LogP) is 0.673. The lowest BCUT2D eigenvalue weighted by atomic mass is 10.1. The number of aliphatic carboxylic acids is 1. The van der Waals surface area contributed by atoms with E-state index in [1.807, 2.05) is 6.92 Å². The summed E-state index contributed by atoms with van der Waals surface area (Å²) < 4.78 is 0. The standard InChI is InChI=1S/C9H15NO3S/c1-2-10(5-8(11)12)9(13)7-3-4-14-6-7/h7H,2-6H2,1H3,(H,11,12). The number of likely N-dealkylation sites (N-methyl/N-ethyl adjacent to an activating group) is 1. The molecule has 1 heterocycles. The van der Waals surface area contributed by atoms with Crippen molar-refractivity contribution in [3.05, 3.63) is 0 Å². The molecule has 1 aliphatic rings. The van der Waals surface area contributed by atoms with Gasteiger partial charge in [-0.15, -0.1) is 0 Å². The third-order valence-electron chi connectivity index (χ3n) is 2.30. The van der Waals surface area contributed by atoms with Crippen LogP contribution >= 0.6 is 11.8 Å². The molecule has 4 nitrogen and oxygen atoms in total. The molecule has 1 atom stereocenters. The van der Waals surface area contributed by atoms with Gasteiger partial charge in [-0.1, -0.05) is 0 Å². The Balaban J connectivity index is 2.50. The Morgan fingerprint density at radius 2 is 2.29 bits per heavy atom. The molecule has 1 fully saturated rings. The second-order valence-electron chi connectivity index (χ2n) is 3.31. The first-order valence-electron chi connectivity index (χ1n) is 4.73. The van der Waals surface area contributed by atoms with Gasteiger partial charge in [0.1, 0.15) is 6.54 Å². The van der Waals surface area contributed by atoms with Gasteiger partial charge in [0.25, 0.3) is 0 Å². The van der Waals surface area contributed by atoms with Crippen molar-refractivity contribution in [3.8, 4) is 0 Å². The van der Waals surface area contributed by atoms with Gasteiger partial charge in [-0.05, 0) is 19.1 Å². The van der Waals surface area contributed by atoms with Crippen molar-refractivity contribution in [1.29, 1.82) is 0 Å². The molecule has 0 saturated carbocycles. The maximum absolute atomic E-state index is 11.8. The van der Waals surface area contributed by atoms with Crippen LogP contribution in [0.15, 0.2) is 0 Å². The fourth-order valence-electron chi connectivity index (χ4n) is 1.50. The van der Waals surface area contributed by atoms with Gasteiger partial charge >= 0.3 is 5.97 Å². The number of carboxylic acid groups (broad SMARTS) is 1. The van der Waals surface area contributed by atoms with Crippen molar-refractivity contribution in [2.45, 2.75) is 13.3 Å². The van der Waals surface area contributed by atoms with E-state index in [-0.39, 0.29) is 18.4 Å². The maximum Gasteiger partial charge on any atom is 0.323 e. The third kappa shape index (κ3) is 2.90. The van der Waals surface area contributed by atoms with Crippen LogP contribution in [0.25, 0.3) is 0 Å². The van der Waals surface area contributed by atoms with Crippen LogP contribution in [-0.2, 0) is 9.59 Å². The monoisotopic (exact) mass is 217 g/mol. The molecule has 0 aromatic heterocycles. The Bertz CT molecular complexity index is 226. The summed E-state index contributed by atoms with van der Waals surface area (Å²) in [6, 6.07) is 0. The van der Waals surface area contributed by atoms with Gasteiger partial charge in [-0.3, -0.25) is 9.59 Å². The molecule has 0 aliphatic carbocycles. The molecule has 0 bridgehead atoms. The number of carbonyl (C=O) groups is 2. The first-order valence-corrected chi connectivity index (χ1v) is 5.89. The van der Waals surface area contributed by atoms with Crippen LogP contribution < -0.4 is 0 Å². The lowest BCUT2D eigenvalue weighted by Gasteiger charge is -2.21. The molecule has 14 heavy (non-hydrogen) atoms. The van der Waals surface area contributed by atoms with E-state index >= 15 is 0 Å². The molecule has 5 heteroatoms. The number of nitrogens with zero attached hydrogens (tertiary/aromatic N) is 1. The molecule has 0 radical (unpaired) electrons. The average Bonchev–Trinajstić information content (AvgIpc) is 2.65. The topological polar surface area (TPSA) is 57.6 Å². The van der Waals surface area contributed by atoms with Gasteiger partial charge in [0.05, 0.1) is 0 Å². The maximum atomic E-state index is 11.8. The lowest BCUT2D eigenvalue weighted by molar-refractivity contribution is -0.145. The van der Waals surface area contributed by atoms with Crippen LogP contribution in [0.5, 0.6) is 0 Å². The first-order chi connectivity index (χ1) is 6.65. The van der Waals surface area contributed by atoms with Crippen LogP contribution in [0.2, 0.25) is 0 Å². The molecule has 1 unspecified atom stereocenters. The highest BCUT2D eigenvalue weighted by molar-refractivity contribution is 7.99. The smallest absolute Gasteiger partial charge is 0.323 e. The fourth-order valence-corrected chi connectivity index (χ4v) is 2.71. The molecule has 1 rings (SSSR count). The largest absolute Gasteiger partial charge is 0.480 e. The van der Waals surface area contributed by atoms with Crippen molar-refractivity contribution in [3.63, 3.8) is 0 Å². The Labute approximate surface area is 87.7 Å². The van der Waals surface area contributed by atoms with Crippen LogP contribution in [-0.4, -0.2) is 46.5 Å². The highest BCUT2D eigenvalue weighted by atomic mass is 32.2. The van der Waals surface area contributed by atoms with Crippen LogP contribution in [0.3, 0.4) is 0 Å². The van der Waals surface area contributed by atoms with E-state index < -0.39 is 5.97 Å². The summed E-state index contributed by atoms with van der Waals surface area (Å²) >= 11 is 1.76. The Morgan fingerprint density at radius 3 is 2.71 bits per heavy atom. The predicted molar refractivity (Wildman–Crippen MR) is 55.3 cm³/mol. The van der Waals surface area contributed by atoms with E-state index in [0.717, 1.165) is 17.9 Å². The summed E-state index contributed by atoms with van der Waals surface area (Å²) in [5.41, 5.74) is 0. The number of rotatable bonds is 4. The number of hydrogen-bond donors (Lipinski definition) is 1. The third-order valence-corrected chi connectivity index (χ3v) is 3.46. The number of carboxylic acids is 1. The minimum absolute atomic E-state index is 0.0000926. The van der Waals surface area contributed by atoms with Gasteiger partial charge in [0.2, 0.25) is 5.91 Å². The zero-order valence-corrected chi connectivity index (χ0v) is 9.05. The zero-order chi connectivity index (χ0) is 10.6. The summed E-state index contributed by atoms with van der Waals surface area (Å²) in [5.74, 6) is 0.959. The first kappa shape index (κ1) is 11.4. The van der Waals surface area contributed by atoms with Crippen molar-refractivity contribution in [2.75, 3.05) is 24.6 Å². The van der Waals surface area contributed by atoms with Crippen molar-refractivity contribution in [2.24, 2.45) is 5.92 Å². The molecule has 1 amide bonds. The second kappa shape index (κ2) is 5.24. The van der Waals surface area contributed by atoms with Crippen molar-refractivity contribution >= 4 is 23.6 Å². The van der Waals surface area contributed by atoms with Crippen molar-refractivity contribution < 1.29 is 14.7 Å². The number of thioether (sulfide) groups is 1. The van der Waals surface area contributed by atoms with Gasteiger partial charge in [-0.2, -0.15) is 11.8 Å². The fraction of sp³-hybridized carbons (Fsp3) is 0.778. The minimum Gasteiger partial charge on any atom is -0.480 e. The number of carbonyl (C=O) groups excluding carboxylic acids is 1. The van der Waals surface area contributed by atoms with E-state index in [1.54, 1.807) is 11.8 Å². The van der Waals surface area contributed by atoms with E-state index in [0.29, 0.717) is 6.54 Å². The lowest BCUT2D eigenvalue weighted by Crippen LogP contribution is -2.39. The van der Waals surface area contributed by atoms with Gasteiger partial charge in [0, 0.05) is 18.2 Å². The molecular formula is C9H15NO3S. The quantitative estimate of drug-likeness (QED) is 0.752. The summed E-state index contributed by atoms with van der Waals surface area (Å²) in [6.45, 7) is 2.12. The second-order valence-corrected chi connectivity index (χ2v) is 4.46. The molecule has 1 saturated heterocycles. The summed E-state index contributed by atoms with van der Waals surface area (Å²) in [4.78, 5) is 23.7. The molecule has 1 N–H and O–H groups in total. The minimum atomic E-state index is -0.939. The Kier molecular flexibility index (Phi) is 4.25. The molecule has 0 spiro atoms. The van der Waals surface area contributed by atoms with E-state index in [2.05, 4.69) is 0 Å².